The molecule has 0 spiro atoms. The number of benzene rings is 1. The number of nitrogens with zero attached hydrogens (tertiary/aromatic N) is 1. The van der Waals surface area contributed by atoms with Gasteiger partial charge in [-0.15, -0.1) is 0 Å². The first-order valence-electron chi connectivity index (χ1n) is 7.83. The van der Waals surface area contributed by atoms with Crippen molar-refractivity contribution >= 4 is 11.9 Å². The number of aliphatic carboxylic acids is 1. The Morgan fingerprint density at radius 3 is 2.46 bits per heavy atom. The van der Waals surface area contributed by atoms with E-state index in [1.807, 2.05) is 6.07 Å². The minimum atomic E-state index is -0.940. The second kappa shape index (κ2) is 7.90. The summed E-state index contributed by atoms with van der Waals surface area (Å²) in [5.74, 6) is 0.464. The second-order valence-electron chi connectivity index (χ2n) is 5.58. The predicted octanol–water partition coefficient (Wildman–Crippen LogP) is 1.72. The van der Waals surface area contributed by atoms with Crippen molar-refractivity contribution in [3.8, 4) is 17.2 Å². The molecule has 1 aliphatic heterocycles. The maximum absolute atomic E-state index is 12.4. The lowest BCUT2D eigenvalue weighted by Gasteiger charge is -2.22. The van der Waals surface area contributed by atoms with E-state index in [0.29, 0.717) is 36.6 Å². The van der Waals surface area contributed by atoms with E-state index in [1.54, 1.807) is 13.2 Å². The van der Waals surface area contributed by atoms with E-state index in [1.165, 1.54) is 19.1 Å². The van der Waals surface area contributed by atoms with Gasteiger partial charge in [-0.2, -0.15) is 0 Å². The van der Waals surface area contributed by atoms with Gasteiger partial charge in [-0.1, -0.05) is 6.07 Å². The summed E-state index contributed by atoms with van der Waals surface area (Å²) in [6.07, 6.45) is 1.89. The monoisotopic (exact) mass is 337 g/mol. The van der Waals surface area contributed by atoms with Crippen LogP contribution in [0, 0.1) is 0 Å². The van der Waals surface area contributed by atoms with Gasteiger partial charge in [0.25, 0.3) is 0 Å². The zero-order valence-corrected chi connectivity index (χ0v) is 14.2. The Hall–Kier alpha value is -2.44. The van der Waals surface area contributed by atoms with Gasteiger partial charge >= 0.3 is 5.97 Å². The van der Waals surface area contributed by atoms with Crippen LogP contribution in [0.2, 0.25) is 0 Å². The Morgan fingerprint density at radius 2 is 1.88 bits per heavy atom. The number of ether oxygens (including phenoxy) is 3. The summed E-state index contributed by atoms with van der Waals surface area (Å²) in [6.45, 7) is 0.499. The molecule has 1 aromatic carbocycles. The summed E-state index contributed by atoms with van der Waals surface area (Å²) in [5, 5.41) is 9.18. The average Bonchev–Trinajstić information content (AvgIpc) is 3.08. The van der Waals surface area contributed by atoms with Crippen molar-refractivity contribution in [3.05, 3.63) is 17.7 Å². The predicted molar refractivity (Wildman–Crippen MR) is 86.8 cm³/mol. The lowest BCUT2D eigenvalue weighted by Crippen LogP contribution is -2.40. The van der Waals surface area contributed by atoms with E-state index in [4.69, 9.17) is 14.2 Å². The summed E-state index contributed by atoms with van der Waals surface area (Å²) in [7, 11) is 4.60. The van der Waals surface area contributed by atoms with E-state index in [2.05, 4.69) is 0 Å². The number of carbonyl (C=O) groups excluding carboxylic acids is 1. The van der Waals surface area contributed by atoms with Crippen LogP contribution in [-0.2, 0) is 16.0 Å². The number of likely N-dealkylation sites (tertiary alicyclic amines) is 1. The first-order chi connectivity index (χ1) is 11.5. The van der Waals surface area contributed by atoms with Crippen molar-refractivity contribution in [1.29, 1.82) is 0 Å². The molecule has 0 aliphatic carbocycles. The smallest absolute Gasteiger partial charge is 0.326 e. The normalized spacial score (nSPS) is 16.8. The molecule has 1 aromatic rings. The van der Waals surface area contributed by atoms with Crippen LogP contribution in [0.3, 0.4) is 0 Å². The van der Waals surface area contributed by atoms with E-state index in [-0.39, 0.29) is 12.3 Å². The van der Waals surface area contributed by atoms with Gasteiger partial charge in [-0.25, -0.2) is 4.79 Å². The molecule has 1 amide bonds. The Bertz CT molecular complexity index is 615. The van der Waals surface area contributed by atoms with Crippen LogP contribution in [0.4, 0.5) is 0 Å². The molecular weight excluding hydrogens is 314 g/mol. The average molecular weight is 337 g/mol. The third-order valence-corrected chi connectivity index (χ3v) is 4.25. The SMILES string of the molecule is COc1ccc(CCC(=O)N2CCCC2C(=O)O)c(OC)c1OC. The Labute approximate surface area is 141 Å². The number of amides is 1. The fourth-order valence-corrected chi connectivity index (χ4v) is 3.07. The van der Waals surface area contributed by atoms with E-state index in [9.17, 15) is 14.7 Å². The zero-order chi connectivity index (χ0) is 17.7. The molecule has 0 saturated carbocycles. The number of carboxylic acids is 1. The largest absolute Gasteiger partial charge is 0.493 e. The minimum Gasteiger partial charge on any atom is -0.493 e. The first kappa shape index (κ1) is 17.9. The quantitative estimate of drug-likeness (QED) is 0.815. The van der Waals surface area contributed by atoms with Crippen LogP contribution in [-0.4, -0.2) is 55.8 Å². The molecule has 24 heavy (non-hydrogen) atoms. The number of rotatable bonds is 7. The Kier molecular flexibility index (Phi) is 5.89. The maximum Gasteiger partial charge on any atom is 0.326 e. The second-order valence-corrected chi connectivity index (χ2v) is 5.58. The molecule has 0 radical (unpaired) electrons. The number of aryl methyl sites for hydroxylation is 1. The summed E-state index contributed by atoms with van der Waals surface area (Å²) < 4.78 is 16.0. The molecule has 0 bridgehead atoms. The van der Waals surface area contributed by atoms with Crippen molar-refractivity contribution in [2.45, 2.75) is 31.7 Å². The molecule has 1 atom stereocenters. The highest BCUT2D eigenvalue weighted by atomic mass is 16.5. The number of methoxy groups -OCH3 is 3. The van der Waals surface area contributed by atoms with Crippen LogP contribution in [0.15, 0.2) is 12.1 Å². The molecule has 2 rings (SSSR count). The lowest BCUT2D eigenvalue weighted by molar-refractivity contribution is -0.148. The third-order valence-electron chi connectivity index (χ3n) is 4.25. The van der Waals surface area contributed by atoms with Gasteiger partial charge in [-0.05, 0) is 30.9 Å². The third kappa shape index (κ3) is 3.55. The van der Waals surface area contributed by atoms with Crippen molar-refractivity contribution in [3.63, 3.8) is 0 Å². The Morgan fingerprint density at radius 1 is 1.17 bits per heavy atom. The first-order valence-corrected chi connectivity index (χ1v) is 7.83. The standard InChI is InChI=1S/C17H23NO6/c1-22-13-8-6-11(15(23-2)16(13)24-3)7-9-14(19)18-10-4-5-12(18)17(20)21/h6,8,12H,4-5,7,9-10H2,1-3H3,(H,20,21). The number of hydrogen-bond acceptors (Lipinski definition) is 5. The lowest BCUT2D eigenvalue weighted by atomic mass is 10.1. The minimum absolute atomic E-state index is 0.156. The van der Waals surface area contributed by atoms with Crippen molar-refractivity contribution in [2.24, 2.45) is 0 Å². The van der Waals surface area contributed by atoms with Crippen LogP contribution in [0.25, 0.3) is 0 Å². The molecule has 1 saturated heterocycles. The topological polar surface area (TPSA) is 85.3 Å². The number of carbonyl (C=O) groups is 2. The molecule has 7 heteroatoms. The number of hydrogen-bond donors (Lipinski definition) is 1. The molecule has 7 nitrogen and oxygen atoms in total. The number of carboxylic acid groups (broad SMARTS) is 1. The molecule has 1 heterocycles. The molecule has 132 valence electrons. The zero-order valence-electron chi connectivity index (χ0n) is 14.2. The summed E-state index contributed by atoms with van der Waals surface area (Å²) in [6, 6.07) is 2.88. The summed E-state index contributed by atoms with van der Waals surface area (Å²) in [5.41, 5.74) is 0.814. The van der Waals surface area contributed by atoms with E-state index < -0.39 is 12.0 Å². The maximum atomic E-state index is 12.4. The van der Waals surface area contributed by atoms with E-state index in [0.717, 1.165) is 12.0 Å². The molecule has 0 aromatic heterocycles. The van der Waals surface area contributed by atoms with Gasteiger partial charge in [0.05, 0.1) is 21.3 Å². The molecule has 1 N–H and O–H groups in total. The molecular formula is C17H23NO6. The van der Waals surface area contributed by atoms with Gasteiger partial charge in [0.15, 0.2) is 11.5 Å². The molecule has 1 fully saturated rings. The fraction of sp³-hybridized carbons (Fsp3) is 0.529. The van der Waals surface area contributed by atoms with Crippen LogP contribution >= 0.6 is 0 Å². The highest BCUT2D eigenvalue weighted by molar-refractivity contribution is 5.84. The Balaban J connectivity index is 2.11. The fourth-order valence-electron chi connectivity index (χ4n) is 3.07. The van der Waals surface area contributed by atoms with Gasteiger partial charge < -0.3 is 24.2 Å². The summed E-state index contributed by atoms with van der Waals surface area (Å²) >= 11 is 0. The van der Waals surface area contributed by atoms with E-state index >= 15 is 0 Å². The molecule has 1 aliphatic rings. The molecule has 1 unspecified atom stereocenters. The van der Waals surface area contributed by atoms with Crippen molar-refractivity contribution < 1.29 is 28.9 Å². The van der Waals surface area contributed by atoms with Crippen LogP contribution in [0.1, 0.15) is 24.8 Å². The van der Waals surface area contributed by atoms with Crippen LogP contribution in [0.5, 0.6) is 17.2 Å². The van der Waals surface area contributed by atoms with Crippen LogP contribution < -0.4 is 14.2 Å². The van der Waals surface area contributed by atoms with Crippen molar-refractivity contribution in [2.75, 3.05) is 27.9 Å². The highest BCUT2D eigenvalue weighted by Crippen LogP contribution is 2.40. The van der Waals surface area contributed by atoms with Gasteiger partial charge in [-0.3, -0.25) is 4.79 Å². The van der Waals surface area contributed by atoms with Gasteiger partial charge in [0.1, 0.15) is 6.04 Å². The summed E-state index contributed by atoms with van der Waals surface area (Å²) in [4.78, 5) is 25.0. The highest BCUT2D eigenvalue weighted by Gasteiger charge is 2.33. The van der Waals surface area contributed by atoms with Gasteiger partial charge in [0.2, 0.25) is 11.7 Å². The van der Waals surface area contributed by atoms with Crippen molar-refractivity contribution in [1.82, 2.24) is 4.90 Å². The van der Waals surface area contributed by atoms with Gasteiger partial charge in [0, 0.05) is 13.0 Å².